The van der Waals surface area contributed by atoms with Crippen LogP contribution in [0.4, 0.5) is 0 Å². The van der Waals surface area contributed by atoms with Crippen LogP contribution in [0.3, 0.4) is 0 Å². The van der Waals surface area contributed by atoms with Crippen molar-refractivity contribution in [3.8, 4) is 0 Å². The summed E-state index contributed by atoms with van der Waals surface area (Å²) >= 11 is 0. The van der Waals surface area contributed by atoms with Gasteiger partial charge in [-0.3, -0.25) is 4.79 Å². The molecular weight excluding hydrogens is 152 g/mol. The van der Waals surface area contributed by atoms with Gasteiger partial charge in [0.25, 0.3) is 0 Å². The van der Waals surface area contributed by atoms with Gasteiger partial charge in [-0.1, -0.05) is 12.2 Å². The molecule has 0 fully saturated rings. The van der Waals surface area contributed by atoms with Gasteiger partial charge in [0, 0.05) is 6.04 Å². The molecule has 2 N–H and O–H groups in total. The summed E-state index contributed by atoms with van der Waals surface area (Å²) in [6.45, 7) is 1.86. The molecule has 1 rings (SSSR count). The van der Waals surface area contributed by atoms with E-state index in [-0.39, 0.29) is 11.9 Å². The molecule has 1 unspecified atom stereocenters. The first-order chi connectivity index (χ1) is 5.74. The van der Waals surface area contributed by atoms with Crippen molar-refractivity contribution in [2.24, 2.45) is 0 Å². The van der Waals surface area contributed by atoms with E-state index in [9.17, 15) is 4.79 Å². The molecule has 0 aromatic heterocycles. The van der Waals surface area contributed by atoms with E-state index >= 15 is 0 Å². The van der Waals surface area contributed by atoms with Gasteiger partial charge >= 0.3 is 0 Å². The maximum atomic E-state index is 11.3. The zero-order valence-corrected chi connectivity index (χ0v) is 7.63. The monoisotopic (exact) mass is 168 g/mol. The maximum absolute atomic E-state index is 11.3. The number of carbonyl (C=O) groups is 1. The first kappa shape index (κ1) is 9.26. The summed E-state index contributed by atoms with van der Waals surface area (Å²) in [5.41, 5.74) is 0. The van der Waals surface area contributed by atoms with E-state index in [4.69, 9.17) is 0 Å². The van der Waals surface area contributed by atoms with Crippen molar-refractivity contribution in [2.45, 2.75) is 31.8 Å². The number of nitrogens with one attached hydrogen (secondary N) is 2. The van der Waals surface area contributed by atoms with Crippen molar-refractivity contribution in [3.63, 3.8) is 0 Å². The van der Waals surface area contributed by atoms with E-state index in [0.717, 1.165) is 12.8 Å². The summed E-state index contributed by atoms with van der Waals surface area (Å²) in [6.07, 6.45) is 6.16. The number of amides is 1. The SMILES string of the molecule is CNC(C)C(=O)NC1CC=CC1. The molecule has 0 saturated heterocycles. The Bertz CT molecular complexity index is 181. The van der Waals surface area contributed by atoms with Crippen molar-refractivity contribution in [1.82, 2.24) is 10.6 Å². The molecule has 0 aliphatic heterocycles. The first-order valence-corrected chi connectivity index (χ1v) is 4.36. The molecule has 1 amide bonds. The third-order valence-electron chi connectivity index (χ3n) is 2.18. The number of carbonyl (C=O) groups excluding carboxylic acids is 1. The fourth-order valence-electron chi connectivity index (χ4n) is 1.19. The van der Waals surface area contributed by atoms with E-state index in [1.54, 1.807) is 7.05 Å². The van der Waals surface area contributed by atoms with E-state index < -0.39 is 0 Å². The first-order valence-electron chi connectivity index (χ1n) is 4.36. The Hall–Kier alpha value is -0.830. The van der Waals surface area contributed by atoms with Gasteiger partial charge < -0.3 is 10.6 Å². The molecule has 12 heavy (non-hydrogen) atoms. The number of rotatable bonds is 3. The van der Waals surface area contributed by atoms with Crippen LogP contribution in [-0.4, -0.2) is 25.0 Å². The minimum absolute atomic E-state index is 0.0891. The Labute approximate surface area is 73.2 Å². The molecule has 0 saturated carbocycles. The number of hydrogen-bond acceptors (Lipinski definition) is 2. The van der Waals surface area contributed by atoms with Gasteiger partial charge in [-0.25, -0.2) is 0 Å². The highest BCUT2D eigenvalue weighted by atomic mass is 16.2. The molecule has 3 heteroatoms. The van der Waals surface area contributed by atoms with E-state index in [0.29, 0.717) is 6.04 Å². The second kappa shape index (κ2) is 4.26. The van der Waals surface area contributed by atoms with Crippen LogP contribution in [0, 0.1) is 0 Å². The van der Waals surface area contributed by atoms with E-state index in [2.05, 4.69) is 22.8 Å². The second-order valence-electron chi connectivity index (χ2n) is 3.16. The molecule has 68 valence electrons. The number of hydrogen-bond donors (Lipinski definition) is 2. The van der Waals surface area contributed by atoms with Gasteiger partial charge in [-0.2, -0.15) is 0 Å². The predicted molar refractivity (Wildman–Crippen MR) is 48.8 cm³/mol. The highest BCUT2D eigenvalue weighted by molar-refractivity contribution is 5.81. The largest absolute Gasteiger partial charge is 0.351 e. The normalized spacial score (nSPS) is 19.5. The van der Waals surface area contributed by atoms with Crippen LogP contribution < -0.4 is 10.6 Å². The Kier molecular flexibility index (Phi) is 3.29. The standard InChI is InChI=1S/C9H16N2O/c1-7(10-2)9(12)11-8-5-3-4-6-8/h3-4,7-8,10H,5-6H2,1-2H3,(H,11,12). The Morgan fingerprint density at radius 3 is 2.58 bits per heavy atom. The fourth-order valence-corrected chi connectivity index (χ4v) is 1.19. The van der Waals surface area contributed by atoms with Crippen LogP contribution in [0.2, 0.25) is 0 Å². The minimum Gasteiger partial charge on any atom is -0.351 e. The Morgan fingerprint density at radius 2 is 2.08 bits per heavy atom. The molecule has 1 aliphatic rings. The van der Waals surface area contributed by atoms with Gasteiger partial charge in [-0.15, -0.1) is 0 Å². The molecule has 0 aromatic carbocycles. The molecule has 0 spiro atoms. The summed E-state index contributed by atoms with van der Waals surface area (Å²) in [5.74, 6) is 0.0891. The quantitative estimate of drug-likeness (QED) is 0.600. The van der Waals surface area contributed by atoms with Gasteiger partial charge in [0.2, 0.25) is 5.91 Å². The smallest absolute Gasteiger partial charge is 0.237 e. The summed E-state index contributed by atoms with van der Waals surface area (Å²) in [6, 6.07) is 0.235. The average Bonchev–Trinajstić information content (AvgIpc) is 2.55. The van der Waals surface area contributed by atoms with Crippen LogP contribution in [0.15, 0.2) is 12.2 Å². The van der Waals surface area contributed by atoms with Gasteiger partial charge in [0.05, 0.1) is 6.04 Å². The Balaban J connectivity index is 2.26. The van der Waals surface area contributed by atoms with Crippen molar-refractivity contribution in [1.29, 1.82) is 0 Å². The molecule has 0 radical (unpaired) electrons. The molecular formula is C9H16N2O. The lowest BCUT2D eigenvalue weighted by Crippen LogP contribution is -2.44. The second-order valence-corrected chi connectivity index (χ2v) is 3.16. The maximum Gasteiger partial charge on any atom is 0.237 e. The van der Waals surface area contributed by atoms with E-state index in [1.165, 1.54) is 0 Å². The van der Waals surface area contributed by atoms with Crippen molar-refractivity contribution in [3.05, 3.63) is 12.2 Å². The van der Waals surface area contributed by atoms with Crippen LogP contribution in [0.1, 0.15) is 19.8 Å². The van der Waals surface area contributed by atoms with Crippen LogP contribution in [0.25, 0.3) is 0 Å². The van der Waals surface area contributed by atoms with E-state index in [1.807, 2.05) is 6.92 Å². The predicted octanol–water partition coefficient (Wildman–Crippen LogP) is 0.429. The van der Waals surface area contributed by atoms with Gasteiger partial charge in [0.15, 0.2) is 0 Å². The lowest BCUT2D eigenvalue weighted by Gasteiger charge is -2.15. The summed E-state index contributed by atoms with van der Waals surface area (Å²) in [5, 5.41) is 5.87. The third-order valence-corrected chi connectivity index (χ3v) is 2.18. The third kappa shape index (κ3) is 2.34. The van der Waals surface area contributed by atoms with Crippen molar-refractivity contribution in [2.75, 3.05) is 7.05 Å². The lowest BCUT2D eigenvalue weighted by molar-refractivity contribution is -0.123. The van der Waals surface area contributed by atoms with Crippen LogP contribution >= 0.6 is 0 Å². The molecule has 1 aliphatic carbocycles. The highest BCUT2D eigenvalue weighted by Crippen LogP contribution is 2.08. The van der Waals surface area contributed by atoms with Gasteiger partial charge in [-0.05, 0) is 26.8 Å². The molecule has 3 nitrogen and oxygen atoms in total. The summed E-state index contributed by atoms with van der Waals surface area (Å²) < 4.78 is 0. The number of likely N-dealkylation sites (N-methyl/N-ethyl adjacent to an activating group) is 1. The topological polar surface area (TPSA) is 41.1 Å². The minimum atomic E-state index is -0.0920. The van der Waals surface area contributed by atoms with Crippen molar-refractivity contribution >= 4 is 5.91 Å². The average molecular weight is 168 g/mol. The summed E-state index contributed by atoms with van der Waals surface area (Å²) in [4.78, 5) is 11.3. The van der Waals surface area contributed by atoms with Gasteiger partial charge in [0.1, 0.15) is 0 Å². The molecule has 0 bridgehead atoms. The van der Waals surface area contributed by atoms with Crippen LogP contribution in [-0.2, 0) is 4.79 Å². The fraction of sp³-hybridized carbons (Fsp3) is 0.667. The Morgan fingerprint density at radius 1 is 1.50 bits per heavy atom. The zero-order chi connectivity index (χ0) is 8.97. The lowest BCUT2D eigenvalue weighted by atomic mass is 10.2. The highest BCUT2D eigenvalue weighted by Gasteiger charge is 2.16. The zero-order valence-electron chi connectivity index (χ0n) is 7.63. The molecule has 0 heterocycles. The molecule has 0 aromatic rings. The molecule has 1 atom stereocenters. The van der Waals surface area contributed by atoms with Crippen LogP contribution in [0.5, 0.6) is 0 Å². The van der Waals surface area contributed by atoms with Crippen molar-refractivity contribution < 1.29 is 4.79 Å². The summed E-state index contributed by atoms with van der Waals surface area (Å²) in [7, 11) is 1.79.